The molecular weight excluding hydrogens is 446 g/mol. The number of ether oxygens (including phenoxy) is 1. The fraction of sp³-hybridized carbons (Fsp3) is 0.421. The van der Waals surface area contributed by atoms with Crippen LogP contribution in [0.5, 0.6) is 0 Å². The summed E-state index contributed by atoms with van der Waals surface area (Å²) in [7, 11) is -3.53. The maximum absolute atomic E-state index is 12.7. The van der Waals surface area contributed by atoms with Crippen LogP contribution in [-0.4, -0.2) is 73.0 Å². The Bertz CT molecular complexity index is 970. The number of hydrogen-bond acceptors (Lipinski definition) is 8. The minimum atomic E-state index is -3.53. The van der Waals surface area contributed by atoms with Gasteiger partial charge in [-0.1, -0.05) is 30.0 Å². The van der Waals surface area contributed by atoms with Gasteiger partial charge in [0.25, 0.3) is 0 Å². The molecule has 1 amide bonds. The lowest BCUT2D eigenvalue weighted by molar-refractivity contribution is -0.142. The van der Waals surface area contributed by atoms with Crippen LogP contribution in [0.25, 0.3) is 0 Å². The van der Waals surface area contributed by atoms with Gasteiger partial charge in [-0.05, 0) is 19.1 Å². The van der Waals surface area contributed by atoms with Gasteiger partial charge in [0, 0.05) is 31.6 Å². The van der Waals surface area contributed by atoms with E-state index < -0.39 is 10.0 Å². The Morgan fingerprint density at radius 1 is 1.17 bits per heavy atom. The molecule has 0 aliphatic carbocycles. The van der Waals surface area contributed by atoms with Crippen LogP contribution in [0.1, 0.15) is 12.6 Å². The van der Waals surface area contributed by atoms with Gasteiger partial charge in [0.15, 0.2) is 4.34 Å². The van der Waals surface area contributed by atoms with Crippen molar-refractivity contribution < 1.29 is 22.7 Å². The Hall–Kier alpha value is -1.95. The molecule has 1 aromatic carbocycles. The fourth-order valence-corrected chi connectivity index (χ4v) is 6.12. The molecule has 0 spiro atoms. The number of rotatable bonds is 8. The van der Waals surface area contributed by atoms with E-state index in [2.05, 4.69) is 4.98 Å². The van der Waals surface area contributed by atoms with E-state index >= 15 is 0 Å². The molecule has 1 aliphatic rings. The highest BCUT2D eigenvalue weighted by molar-refractivity contribution is 8.01. The average Bonchev–Trinajstić information content (AvgIpc) is 3.20. The lowest BCUT2D eigenvalue weighted by atomic mass is 10.3. The molecule has 8 nitrogen and oxygen atoms in total. The third-order valence-corrected chi connectivity index (χ3v) is 8.42. The van der Waals surface area contributed by atoms with Crippen LogP contribution in [-0.2, 0) is 30.8 Å². The number of nitrogens with zero attached hydrogens (tertiary/aromatic N) is 3. The zero-order valence-corrected chi connectivity index (χ0v) is 19.0. The highest BCUT2D eigenvalue weighted by Gasteiger charge is 2.30. The lowest BCUT2D eigenvalue weighted by Crippen LogP contribution is -2.50. The molecule has 1 aliphatic heterocycles. The topological polar surface area (TPSA) is 96.9 Å². The van der Waals surface area contributed by atoms with E-state index in [0.717, 1.165) is 0 Å². The molecule has 30 heavy (non-hydrogen) atoms. The molecule has 0 atom stereocenters. The minimum absolute atomic E-state index is 0.0566. The molecule has 3 rings (SSSR count). The molecule has 0 N–H and O–H groups in total. The second kappa shape index (κ2) is 10.4. The van der Waals surface area contributed by atoms with Gasteiger partial charge >= 0.3 is 5.97 Å². The summed E-state index contributed by atoms with van der Waals surface area (Å²) in [6.07, 6.45) is 0.122. The second-order valence-corrected chi connectivity index (χ2v) is 10.5. The molecule has 11 heteroatoms. The molecule has 1 aromatic heterocycles. The van der Waals surface area contributed by atoms with Crippen molar-refractivity contribution in [2.45, 2.75) is 22.6 Å². The van der Waals surface area contributed by atoms with Crippen molar-refractivity contribution in [2.24, 2.45) is 0 Å². The summed E-state index contributed by atoms with van der Waals surface area (Å²) >= 11 is 2.70. The Morgan fingerprint density at radius 3 is 2.53 bits per heavy atom. The Balaban J connectivity index is 1.47. The van der Waals surface area contributed by atoms with E-state index in [1.165, 1.54) is 27.4 Å². The van der Waals surface area contributed by atoms with Crippen LogP contribution in [0.3, 0.4) is 0 Å². The van der Waals surface area contributed by atoms with E-state index in [9.17, 15) is 18.0 Å². The number of esters is 1. The number of sulfonamides is 1. The van der Waals surface area contributed by atoms with Gasteiger partial charge in [0.1, 0.15) is 0 Å². The molecule has 0 unspecified atom stereocenters. The number of carbonyl (C=O) groups excluding carboxylic acids is 2. The first-order chi connectivity index (χ1) is 14.4. The van der Waals surface area contributed by atoms with Crippen molar-refractivity contribution in [1.29, 1.82) is 0 Å². The molecule has 2 aromatic rings. The SMILES string of the molecule is CCOC(=O)Cc1csc(SCC(=O)N2CCN(S(=O)(=O)c3ccccc3)CC2)n1. The smallest absolute Gasteiger partial charge is 0.311 e. The summed E-state index contributed by atoms with van der Waals surface area (Å²) in [6.45, 7) is 3.35. The van der Waals surface area contributed by atoms with Gasteiger partial charge in [0.05, 0.1) is 29.4 Å². The van der Waals surface area contributed by atoms with Gasteiger partial charge in [-0.15, -0.1) is 11.3 Å². The van der Waals surface area contributed by atoms with E-state index in [-0.39, 0.29) is 42.0 Å². The summed E-state index contributed by atoms with van der Waals surface area (Å²) < 4.78 is 32.4. The maximum Gasteiger partial charge on any atom is 0.311 e. The standard InChI is InChI=1S/C19H23N3O5S3/c1-2-27-18(24)12-15-13-28-19(20-15)29-14-17(23)21-8-10-22(11-9-21)30(25,26)16-6-4-3-5-7-16/h3-7,13H,2,8-12,14H2,1H3. The van der Waals surface area contributed by atoms with Crippen LogP contribution in [0.15, 0.2) is 44.9 Å². The van der Waals surface area contributed by atoms with Crippen molar-refractivity contribution >= 4 is 45.0 Å². The van der Waals surface area contributed by atoms with Crippen molar-refractivity contribution in [3.8, 4) is 0 Å². The highest BCUT2D eigenvalue weighted by atomic mass is 32.2. The fourth-order valence-electron chi connectivity index (χ4n) is 2.93. The number of piperazine rings is 1. The van der Waals surface area contributed by atoms with Crippen LogP contribution in [0.2, 0.25) is 0 Å². The van der Waals surface area contributed by atoms with E-state index in [0.29, 0.717) is 29.7 Å². The normalized spacial score (nSPS) is 15.2. The number of carbonyl (C=O) groups is 2. The summed E-state index contributed by atoms with van der Waals surface area (Å²) in [5.41, 5.74) is 0.633. The van der Waals surface area contributed by atoms with Crippen molar-refractivity contribution in [1.82, 2.24) is 14.2 Å². The monoisotopic (exact) mass is 469 g/mol. The Labute approximate surface area is 184 Å². The summed E-state index contributed by atoms with van der Waals surface area (Å²) in [4.78, 5) is 30.3. The van der Waals surface area contributed by atoms with Crippen LogP contribution in [0.4, 0.5) is 0 Å². The molecular formula is C19H23N3O5S3. The summed E-state index contributed by atoms with van der Waals surface area (Å²) in [5.74, 6) is -0.157. The Morgan fingerprint density at radius 2 is 1.87 bits per heavy atom. The first-order valence-corrected chi connectivity index (χ1v) is 12.8. The largest absolute Gasteiger partial charge is 0.466 e. The number of thioether (sulfide) groups is 1. The molecule has 0 radical (unpaired) electrons. The average molecular weight is 470 g/mol. The van der Waals surface area contributed by atoms with E-state index in [1.54, 1.807) is 47.5 Å². The molecule has 1 fully saturated rings. The predicted octanol–water partition coefficient (Wildman–Crippen LogP) is 1.87. The third kappa shape index (κ3) is 5.81. The van der Waals surface area contributed by atoms with Gasteiger partial charge in [-0.3, -0.25) is 9.59 Å². The first-order valence-electron chi connectivity index (χ1n) is 9.46. The van der Waals surface area contributed by atoms with Gasteiger partial charge in [0.2, 0.25) is 15.9 Å². The lowest BCUT2D eigenvalue weighted by Gasteiger charge is -2.34. The summed E-state index contributed by atoms with van der Waals surface area (Å²) in [6, 6.07) is 8.32. The molecule has 0 bridgehead atoms. The number of amides is 1. The quantitative estimate of drug-likeness (QED) is 0.430. The predicted molar refractivity (Wildman–Crippen MR) is 115 cm³/mol. The molecule has 0 saturated carbocycles. The van der Waals surface area contributed by atoms with E-state index in [4.69, 9.17) is 4.74 Å². The zero-order valence-electron chi connectivity index (χ0n) is 16.5. The van der Waals surface area contributed by atoms with Crippen LogP contribution >= 0.6 is 23.1 Å². The minimum Gasteiger partial charge on any atom is -0.466 e. The Kier molecular flexibility index (Phi) is 7.87. The highest BCUT2D eigenvalue weighted by Crippen LogP contribution is 2.24. The molecule has 162 valence electrons. The van der Waals surface area contributed by atoms with Crippen molar-refractivity contribution in [3.63, 3.8) is 0 Å². The van der Waals surface area contributed by atoms with Gasteiger partial charge in [-0.25, -0.2) is 13.4 Å². The van der Waals surface area contributed by atoms with Gasteiger partial charge < -0.3 is 9.64 Å². The molecule has 2 heterocycles. The molecule has 1 saturated heterocycles. The van der Waals surface area contributed by atoms with Gasteiger partial charge in [-0.2, -0.15) is 4.31 Å². The zero-order chi connectivity index (χ0) is 21.6. The second-order valence-electron chi connectivity index (χ2n) is 6.47. The number of benzene rings is 1. The van der Waals surface area contributed by atoms with Crippen molar-refractivity contribution in [3.05, 3.63) is 41.4 Å². The number of aromatic nitrogens is 1. The van der Waals surface area contributed by atoms with E-state index in [1.807, 2.05) is 0 Å². The van der Waals surface area contributed by atoms with Crippen LogP contribution < -0.4 is 0 Å². The number of hydrogen-bond donors (Lipinski definition) is 0. The summed E-state index contributed by atoms with van der Waals surface area (Å²) in [5, 5.41) is 1.79. The van der Waals surface area contributed by atoms with Crippen LogP contribution in [0, 0.1) is 0 Å². The first kappa shape index (κ1) is 22.7. The third-order valence-electron chi connectivity index (χ3n) is 4.45. The maximum atomic E-state index is 12.7. The number of thiazole rings is 1. The van der Waals surface area contributed by atoms with Crippen molar-refractivity contribution in [2.75, 3.05) is 38.5 Å².